The van der Waals surface area contributed by atoms with Crippen molar-refractivity contribution in [3.8, 4) is 0 Å². The molecule has 0 radical (unpaired) electrons. The Morgan fingerprint density at radius 3 is 2.42 bits per heavy atom. The van der Waals surface area contributed by atoms with E-state index in [0.717, 1.165) is 39.3 Å². The largest absolute Gasteiger partial charge is 0.336 e. The molecule has 6 heteroatoms. The average molecular weight is 347 g/mol. The molecule has 1 aliphatic rings. The van der Waals surface area contributed by atoms with Gasteiger partial charge in [0.25, 0.3) is 5.91 Å². The summed E-state index contributed by atoms with van der Waals surface area (Å²) in [6.45, 7) is 9.29. The number of hydrogen-bond acceptors (Lipinski definition) is 3. The van der Waals surface area contributed by atoms with Gasteiger partial charge in [-0.05, 0) is 38.1 Å². The van der Waals surface area contributed by atoms with Gasteiger partial charge in [-0.3, -0.25) is 14.4 Å². The molecule has 0 atom stereocenters. The molecule has 128 valence electrons. The molecule has 2 heterocycles. The van der Waals surface area contributed by atoms with Crippen LogP contribution in [0.4, 0.5) is 0 Å². The molecule has 0 spiro atoms. The number of aryl methyl sites for hydroxylation is 1. The number of piperazine rings is 1. The lowest BCUT2D eigenvalue weighted by Crippen LogP contribution is -2.48. The van der Waals surface area contributed by atoms with Gasteiger partial charge in [-0.2, -0.15) is 5.10 Å². The first-order chi connectivity index (χ1) is 11.6. The maximum Gasteiger partial charge on any atom is 0.253 e. The Morgan fingerprint density at radius 2 is 1.83 bits per heavy atom. The lowest BCUT2D eigenvalue weighted by atomic mass is 10.1. The maximum atomic E-state index is 12.5. The Hall–Kier alpha value is -1.85. The molecule has 2 aromatic rings. The predicted molar refractivity (Wildman–Crippen MR) is 95.3 cm³/mol. The number of benzene rings is 1. The molecule has 0 saturated carbocycles. The molecule has 5 nitrogen and oxygen atoms in total. The topological polar surface area (TPSA) is 41.4 Å². The Balaban J connectivity index is 1.56. The first-order valence-electron chi connectivity index (χ1n) is 8.37. The quantitative estimate of drug-likeness (QED) is 0.854. The van der Waals surface area contributed by atoms with Crippen molar-refractivity contribution in [1.29, 1.82) is 0 Å². The summed E-state index contributed by atoms with van der Waals surface area (Å²) in [5.41, 5.74) is 3.21. The van der Waals surface area contributed by atoms with Gasteiger partial charge in [0.15, 0.2) is 0 Å². The summed E-state index contributed by atoms with van der Waals surface area (Å²) in [6.07, 6.45) is 1.96. The highest BCUT2D eigenvalue weighted by Crippen LogP contribution is 2.15. The molecule has 0 N–H and O–H groups in total. The van der Waals surface area contributed by atoms with E-state index in [0.29, 0.717) is 10.6 Å². The highest BCUT2D eigenvalue weighted by molar-refractivity contribution is 6.30. The molecular weight excluding hydrogens is 324 g/mol. The lowest BCUT2D eigenvalue weighted by molar-refractivity contribution is 0.0628. The Labute approximate surface area is 147 Å². The number of carbonyl (C=O) groups is 1. The van der Waals surface area contributed by atoms with Gasteiger partial charge in [-0.1, -0.05) is 11.6 Å². The zero-order valence-corrected chi connectivity index (χ0v) is 15.0. The van der Waals surface area contributed by atoms with E-state index in [1.165, 1.54) is 11.3 Å². The lowest BCUT2D eigenvalue weighted by Gasteiger charge is -2.34. The summed E-state index contributed by atoms with van der Waals surface area (Å²) in [7, 11) is 0. The first kappa shape index (κ1) is 17.0. The predicted octanol–water partition coefficient (Wildman–Crippen LogP) is 2.82. The fourth-order valence-electron chi connectivity index (χ4n) is 3.08. The first-order valence-corrected chi connectivity index (χ1v) is 8.74. The highest BCUT2D eigenvalue weighted by atomic mass is 35.5. The van der Waals surface area contributed by atoms with Crippen LogP contribution in [-0.2, 0) is 13.1 Å². The Morgan fingerprint density at radius 1 is 1.17 bits per heavy atom. The second kappa shape index (κ2) is 7.36. The van der Waals surface area contributed by atoms with Gasteiger partial charge < -0.3 is 4.90 Å². The van der Waals surface area contributed by atoms with Gasteiger partial charge in [0.2, 0.25) is 0 Å². The molecular formula is C18H23ClN4O. The van der Waals surface area contributed by atoms with E-state index in [-0.39, 0.29) is 5.91 Å². The van der Waals surface area contributed by atoms with E-state index >= 15 is 0 Å². The molecule has 3 rings (SSSR count). The van der Waals surface area contributed by atoms with Crippen molar-refractivity contribution in [1.82, 2.24) is 19.6 Å². The smallest absolute Gasteiger partial charge is 0.253 e. The van der Waals surface area contributed by atoms with Crippen LogP contribution >= 0.6 is 11.6 Å². The molecule has 1 amide bonds. The monoisotopic (exact) mass is 346 g/mol. The van der Waals surface area contributed by atoms with Gasteiger partial charge in [0.05, 0.1) is 6.20 Å². The van der Waals surface area contributed by atoms with Crippen LogP contribution in [0, 0.1) is 6.92 Å². The van der Waals surface area contributed by atoms with E-state index in [2.05, 4.69) is 23.8 Å². The summed E-state index contributed by atoms with van der Waals surface area (Å²) in [5.74, 6) is 0.0845. The summed E-state index contributed by atoms with van der Waals surface area (Å²) < 4.78 is 2.02. The maximum absolute atomic E-state index is 12.5. The number of halogens is 1. The van der Waals surface area contributed by atoms with Crippen LogP contribution < -0.4 is 0 Å². The van der Waals surface area contributed by atoms with Crippen molar-refractivity contribution < 1.29 is 4.79 Å². The normalized spacial score (nSPS) is 15.7. The van der Waals surface area contributed by atoms with Crippen molar-refractivity contribution in [3.63, 3.8) is 0 Å². The highest BCUT2D eigenvalue weighted by Gasteiger charge is 2.22. The van der Waals surface area contributed by atoms with Gasteiger partial charge in [-0.15, -0.1) is 0 Å². The SMILES string of the molecule is CCn1ncc(CN2CCN(C(=O)c3ccc(Cl)cc3)CC2)c1C. The molecule has 1 fully saturated rings. The minimum Gasteiger partial charge on any atom is -0.336 e. The second-order valence-corrected chi connectivity index (χ2v) is 6.58. The van der Waals surface area contributed by atoms with Crippen LogP contribution in [0.2, 0.25) is 5.02 Å². The molecule has 1 aromatic carbocycles. The fraction of sp³-hybridized carbons (Fsp3) is 0.444. The Kier molecular flexibility index (Phi) is 5.21. The van der Waals surface area contributed by atoms with Crippen molar-refractivity contribution in [2.24, 2.45) is 0 Å². The minimum absolute atomic E-state index is 0.0845. The second-order valence-electron chi connectivity index (χ2n) is 6.15. The van der Waals surface area contributed by atoms with Crippen LogP contribution in [0.5, 0.6) is 0 Å². The summed E-state index contributed by atoms with van der Waals surface area (Å²) in [6, 6.07) is 7.11. The van der Waals surface area contributed by atoms with E-state index in [1.807, 2.05) is 15.8 Å². The molecule has 0 aliphatic carbocycles. The molecule has 1 aliphatic heterocycles. The van der Waals surface area contributed by atoms with Crippen molar-refractivity contribution in [2.75, 3.05) is 26.2 Å². The molecule has 1 saturated heterocycles. The molecule has 0 unspecified atom stereocenters. The minimum atomic E-state index is 0.0845. The van der Waals surface area contributed by atoms with Gasteiger partial charge in [0.1, 0.15) is 0 Å². The van der Waals surface area contributed by atoms with Crippen molar-refractivity contribution in [2.45, 2.75) is 26.9 Å². The molecule has 0 bridgehead atoms. The van der Waals surface area contributed by atoms with Gasteiger partial charge in [-0.25, -0.2) is 0 Å². The standard InChI is InChI=1S/C18H23ClN4O/c1-3-23-14(2)16(12-20-23)13-21-8-10-22(11-9-21)18(24)15-4-6-17(19)7-5-15/h4-7,12H,3,8-11,13H2,1-2H3. The Bertz CT molecular complexity index is 702. The van der Waals surface area contributed by atoms with Gasteiger partial charge >= 0.3 is 0 Å². The number of nitrogens with zero attached hydrogens (tertiary/aromatic N) is 4. The third-order valence-electron chi connectivity index (χ3n) is 4.65. The third kappa shape index (κ3) is 3.62. The van der Waals surface area contributed by atoms with Crippen molar-refractivity contribution >= 4 is 17.5 Å². The molecule has 24 heavy (non-hydrogen) atoms. The van der Waals surface area contributed by atoms with E-state index < -0.39 is 0 Å². The average Bonchev–Trinajstić information content (AvgIpc) is 2.95. The van der Waals surface area contributed by atoms with Gasteiger partial charge in [0, 0.05) is 61.1 Å². The summed E-state index contributed by atoms with van der Waals surface area (Å²) >= 11 is 5.88. The number of rotatable bonds is 4. The van der Waals surface area contributed by atoms with Crippen LogP contribution in [0.25, 0.3) is 0 Å². The number of aromatic nitrogens is 2. The zero-order valence-electron chi connectivity index (χ0n) is 14.2. The third-order valence-corrected chi connectivity index (χ3v) is 4.90. The summed E-state index contributed by atoms with van der Waals surface area (Å²) in [4.78, 5) is 16.8. The van der Waals surface area contributed by atoms with Crippen LogP contribution in [0.15, 0.2) is 30.5 Å². The van der Waals surface area contributed by atoms with Crippen LogP contribution in [0.1, 0.15) is 28.5 Å². The van der Waals surface area contributed by atoms with Crippen LogP contribution in [-0.4, -0.2) is 51.7 Å². The van der Waals surface area contributed by atoms with E-state index in [4.69, 9.17) is 11.6 Å². The number of carbonyl (C=O) groups excluding carboxylic acids is 1. The molecule has 1 aromatic heterocycles. The number of amides is 1. The van der Waals surface area contributed by atoms with Crippen LogP contribution in [0.3, 0.4) is 0 Å². The van der Waals surface area contributed by atoms with Crippen molar-refractivity contribution in [3.05, 3.63) is 52.3 Å². The summed E-state index contributed by atoms with van der Waals surface area (Å²) in [5, 5.41) is 5.06. The zero-order chi connectivity index (χ0) is 17.1. The van der Waals surface area contributed by atoms with E-state index in [1.54, 1.807) is 24.3 Å². The van der Waals surface area contributed by atoms with E-state index in [9.17, 15) is 4.79 Å². The fourth-order valence-corrected chi connectivity index (χ4v) is 3.21. The number of hydrogen-bond donors (Lipinski definition) is 0.